The van der Waals surface area contributed by atoms with Crippen molar-refractivity contribution in [1.82, 2.24) is 14.8 Å². The van der Waals surface area contributed by atoms with Crippen molar-refractivity contribution in [2.75, 3.05) is 6.61 Å². The van der Waals surface area contributed by atoms with Gasteiger partial charge in [0.2, 0.25) is 0 Å². The fraction of sp³-hybridized carbons (Fsp3) is 0.280. The van der Waals surface area contributed by atoms with Crippen LogP contribution in [-0.2, 0) is 12.8 Å². The largest absolute Gasteiger partial charge is 0.494 e. The van der Waals surface area contributed by atoms with E-state index in [1.807, 2.05) is 25.1 Å². The third-order valence-corrected chi connectivity index (χ3v) is 5.47. The monoisotopic (exact) mass is 385 g/mol. The van der Waals surface area contributed by atoms with E-state index in [0.717, 1.165) is 35.7 Å². The van der Waals surface area contributed by atoms with Crippen LogP contribution < -0.4 is 4.74 Å². The first kappa shape index (κ1) is 19.2. The van der Waals surface area contributed by atoms with Crippen LogP contribution in [0.5, 0.6) is 5.75 Å². The molecule has 4 heteroatoms. The number of fused-ring (bicyclic) bond motifs is 1. The SMILES string of the molecule is CCOc1ccc(-n2c(C)c3c(CC)nnc(Cc4ccccc4)c3c2C)cc1. The predicted octanol–water partition coefficient (Wildman–Crippen LogP) is 5.59. The lowest BCUT2D eigenvalue weighted by Gasteiger charge is -2.11. The summed E-state index contributed by atoms with van der Waals surface area (Å²) >= 11 is 0. The third-order valence-electron chi connectivity index (χ3n) is 5.47. The molecule has 0 aliphatic heterocycles. The smallest absolute Gasteiger partial charge is 0.119 e. The topological polar surface area (TPSA) is 39.9 Å². The van der Waals surface area contributed by atoms with Gasteiger partial charge >= 0.3 is 0 Å². The van der Waals surface area contributed by atoms with Crippen LogP contribution >= 0.6 is 0 Å². The second kappa shape index (κ2) is 8.08. The van der Waals surface area contributed by atoms with Crippen LogP contribution in [0.4, 0.5) is 0 Å². The lowest BCUT2D eigenvalue weighted by atomic mass is 10.0. The van der Waals surface area contributed by atoms with E-state index < -0.39 is 0 Å². The molecule has 4 aromatic rings. The zero-order valence-corrected chi connectivity index (χ0v) is 17.6. The van der Waals surface area contributed by atoms with Crippen molar-refractivity contribution in [2.24, 2.45) is 0 Å². The van der Waals surface area contributed by atoms with Gasteiger partial charge in [0.25, 0.3) is 0 Å². The lowest BCUT2D eigenvalue weighted by molar-refractivity contribution is 0.340. The van der Waals surface area contributed by atoms with Crippen molar-refractivity contribution >= 4 is 10.8 Å². The maximum atomic E-state index is 5.61. The Morgan fingerprint density at radius 1 is 0.793 bits per heavy atom. The van der Waals surface area contributed by atoms with Gasteiger partial charge in [0, 0.05) is 34.3 Å². The van der Waals surface area contributed by atoms with E-state index in [4.69, 9.17) is 4.74 Å². The molecule has 0 saturated heterocycles. The molecule has 0 saturated carbocycles. The van der Waals surface area contributed by atoms with Crippen LogP contribution in [0.25, 0.3) is 16.5 Å². The number of hydrogen-bond acceptors (Lipinski definition) is 3. The van der Waals surface area contributed by atoms with E-state index in [0.29, 0.717) is 6.61 Å². The van der Waals surface area contributed by atoms with Crippen LogP contribution in [0.2, 0.25) is 0 Å². The number of benzene rings is 2. The highest BCUT2D eigenvalue weighted by Gasteiger charge is 2.20. The first-order valence-corrected chi connectivity index (χ1v) is 10.3. The normalized spacial score (nSPS) is 11.2. The second-order valence-corrected chi connectivity index (χ2v) is 7.29. The molecule has 0 atom stereocenters. The first-order chi connectivity index (χ1) is 14.1. The molecule has 0 spiro atoms. The van der Waals surface area contributed by atoms with E-state index in [-0.39, 0.29) is 0 Å². The Kier molecular flexibility index (Phi) is 5.34. The average molecular weight is 386 g/mol. The highest BCUT2D eigenvalue weighted by Crippen LogP contribution is 2.33. The highest BCUT2D eigenvalue weighted by atomic mass is 16.5. The summed E-state index contributed by atoms with van der Waals surface area (Å²) in [6.45, 7) is 9.18. The van der Waals surface area contributed by atoms with Crippen molar-refractivity contribution in [2.45, 2.75) is 40.5 Å². The molecule has 0 bridgehead atoms. The van der Waals surface area contributed by atoms with E-state index in [1.165, 1.54) is 27.7 Å². The van der Waals surface area contributed by atoms with E-state index in [9.17, 15) is 0 Å². The molecule has 0 radical (unpaired) electrons. The van der Waals surface area contributed by atoms with Gasteiger partial charge in [0.1, 0.15) is 5.75 Å². The Hall–Kier alpha value is -3.14. The van der Waals surface area contributed by atoms with Gasteiger partial charge in [-0.2, -0.15) is 10.2 Å². The molecule has 2 heterocycles. The molecule has 0 aliphatic carbocycles. The molecule has 0 fully saturated rings. The molecule has 0 unspecified atom stereocenters. The molecule has 0 amide bonds. The molecular weight excluding hydrogens is 358 g/mol. The van der Waals surface area contributed by atoms with Crippen LogP contribution in [0.1, 0.15) is 42.2 Å². The Morgan fingerprint density at radius 3 is 2.03 bits per heavy atom. The summed E-state index contributed by atoms with van der Waals surface area (Å²) in [5.74, 6) is 0.894. The highest BCUT2D eigenvalue weighted by molar-refractivity contribution is 5.93. The Morgan fingerprint density at radius 2 is 1.41 bits per heavy atom. The summed E-state index contributed by atoms with van der Waals surface area (Å²) in [5, 5.41) is 11.7. The fourth-order valence-electron chi connectivity index (χ4n) is 4.17. The summed E-state index contributed by atoms with van der Waals surface area (Å²) < 4.78 is 7.93. The van der Waals surface area contributed by atoms with Crippen LogP contribution in [-0.4, -0.2) is 21.4 Å². The van der Waals surface area contributed by atoms with Crippen molar-refractivity contribution in [3.05, 3.63) is 82.9 Å². The average Bonchev–Trinajstić information content (AvgIpc) is 3.01. The number of rotatable bonds is 6. The molecule has 2 aromatic carbocycles. The quantitative estimate of drug-likeness (QED) is 0.434. The third kappa shape index (κ3) is 3.51. The predicted molar refractivity (Wildman–Crippen MR) is 118 cm³/mol. The molecule has 0 N–H and O–H groups in total. The first-order valence-electron chi connectivity index (χ1n) is 10.3. The lowest BCUT2D eigenvalue weighted by Crippen LogP contribution is -2.00. The van der Waals surface area contributed by atoms with Gasteiger partial charge in [-0.05, 0) is 57.0 Å². The number of hydrogen-bond donors (Lipinski definition) is 0. The van der Waals surface area contributed by atoms with Crippen molar-refractivity contribution in [3.63, 3.8) is 0 Å². The fourth-order valence-corrected chi connectivity index (χ4v) is 4.17. The zero-order valence-electron chi connectivity index (χ0n) is 17.6. The zero-order chi connectivity index (χ0) is 20.4. The number of ether oxygens (including phenoxy) is 1. The maximum absolute atomic E-state index is 5.61. The maximum Gasteiger partial charge on any atom is 0.119 e. The summed E-state index contributed by atoms with van der Waals surface area (Å²) in [5.41, 5.74) is 6.89. The van der Waals surface area contributed by atoms with E-state index in [1.54, 1.807) is 0 Å². The second-order valence-electron chi connectivity index (χ2n) is 7.29. The van der Waals surface area contributed by atoms with Gasteiger partial charge in [-0.15, -0.1) is 0 Å². The van der Waals surface area contributed by atoms with Gasteiger partial charge in [-0.1, -0.05) is 37.3 Å². The summed E-state index contributed by atoms with van der Waals surface area (Å²) in [6, 6.07) is 18.8. The molecule has 148 valence electrons. The van der Waals surface area contributed by atoms with Crippen LogP contribution in [0.3, 0.4) is 0 Å². The van der Waals surface area contributed by atoms with Crippen LogP contribution in [0, 0.1) is 13.8 Å². The Balaban J connectivity index is 1.89. The standard InChI is InChI=1S/C25H27N3O/c1-5-22-24-17(3)28(20-12-14-21(15-13-20)29-6-2)18(4)25(24)23(27-26-22)16-19-10-8-7-9-11-19/h7-15H,5-6,16H2,1-4H3. The van der Waals surface area contributed by atoms with Gasteiger partial charge in [-0.25, -0.2) is 0 Å². The number of aromatic nitrogens is 3. The Bertz CT molecular complexity index is 1130. The van der Waals surface area contributed by atoms with Gasteiger partial charge in [-0.3, -0.25) is 0 Å². The summed E-state index contributed by atoms with van der Waals surface area (Å²) in [4.78, 5) is 0. The number of nitrogens with zero attached hydrogens (tertiary/aromatic N) is 3. The Labute approximate surface area is 172 Å². The molecule has 4 nitrogen and oxygen atoms in total. The van der Waals surface area contributed by atoms with Gasteiger partial charge in [0.05, 0.1) is 18.0 Å². The van der Waals surface area contributed by atoms with Crippen LogP contribution in [0.15, 0.2) is 54.6 Å². The minimum Gasteiger partial charge on any atom is -0.494 e. The molecule has 4 rings (SSSR count). The van der Waals surface area contributed by atoms with E-state index >= 15 is 0 Å². The van der Waals surface area contributed by atoms with Crippen molar-refractivity contribution in [3.8, 4) is 11.4 Å². The number of aryl methyl sites for hydroxylation is 3. The molecule has 29 heavy (non-hydrogen) atoms. The van der Waals surface area contributed by atoms with Gasteiger partial charge < -0.3 is 9.30 Å². The summed E-state index contributed by atoms with van der Waals surface area (Å²) in [7, 11) is 0. The molecule has 2 aromatic heterocycles. The summed E-state index contributed by atoms with van der Waals surface area (Å²) in [6.07, 6.45) is 1.64. The van der Waals surface area contributed by atoms with Gasteiger partial charge in [0.15, 0.2) is 0 Å². The molecular formula is C25H27N3O. The van der Waals surface area contributed by atoms with Crippen molar-refractivity contribution < 1.29 is 4.74 Å². The minimum atomic E-state index is 0.671. The minimum absolute atomic E-state index is 0.671. The van der Waals surface area contributed by atoms with E-state index in [2.05, 4.69) is 71.9 Å². The molecule has 0 aliphatic rings. The van der Waals surface area contributed by atoms with Crippen molar-refractivity contribution in [1.29, 1.82) is 0 Å².